The summed E-state index contributed by atoms with van der Waals surface area (Å²) < 4.78 is 5.15. The van der Waals surface area contributed by atoms with Gasteiger partial charge in [-0.1, -0.05) is 56.3 Å². The van der Waals surface area contributed by atoms with Crippen LogP contribution in [0, 0.1) is 11.8 Å². The molecule has 10 heteroatoms. The summed E-state index contributed by atoms with van der Waals surface area (Å²) in [5, 5.41) is 35.3. The van der Waals surface area contributed by atoms with Gasteiger partial charge in [-0.3, -0.25) is 14.8 Å². The molecule has 0 fully saturated rings. The summed E-state index contributed by atoms with van der Waals surface area (Å²) in [6, 6.07) is 11.3. The maximum absolute atomic E-state index is 13.4. The number of amides is 3. The third-order valence-electron chi connectivity index (χ3n) is 5.89. The molecule has 0 bridgehead atoms. The lowest BCUT2D eigenvalue weighted by atomic mass is 9.90. The van der Waals surface area contributed by atoms with Crippen molar-refractivity contribution in [1.82, 2.24) is 16.1 Å². The Morgan fingerprint density at radius 2 is 1.74 bits per heavy atom. The smallest absolute Gasteiger partial charge is 0.407 e. The summed E-state index contributed by atoms with van der Waals surface area (Å²) in [5.74, 6) is -3.07. The average molecular weight is 486 g/mol. The first-order valence-electron chi connectivity index (χ1n) is 11.4. The standard InChI is InChI=1S/C25H31N3O7/c1-14(2)13-35-25(33)27-22(18(23(31)28-34)11-16-8-4-6-10-19(16)29)24(32)26-21-17-9-5-3-7-15(17)12-20(21)30/h3-10,14,18,20-22,29-30,34H,11-13H2,1-2H3,(H,26,32)(H,27,33)(H,28,31)/t18-,20+,21-,22?/m0/s1. The molecule has 1 unspecified atom stereocenters. The van der Waals surface area contributed by atoms with Crippen LogP contribution >= 0.6 is 0 Å². The molecule has 3 amide bonds. The third-order valence-corrected chi connectivity index (χ3v) is 5.89. The molecule has 10 nitrogen and oxygen atoms in total. The number of rotatable bonds is 9. The maximum Gasteiger partial charge on any atom is 0.407 e. The van der Waals surface area contributed by atoms with E-state index in [1.165, 1.54) is 11.5 Å². The van der Waals surface area contributed by atoms with E-state index >= 15 is 0 Å². The third kappa shape index (κ3) is 6.49. The molecule has 0 spiro atoms. The number of alkyl carbamates (subject to hydrolysis) is 1. The molecule has 3 rings (SSSR count). The first kappa shape index (κ1) is 26.0. The van der Waals surface area contributed by atoms with E-state index in [-0.39, 0.29) is 24.7 Å². The van der Waals surface area contributed by atoms with Crippen molar-refractivity contribution >= 4 is 17.9 Å². The number of fused-ring (bicyclic) bond motifs is 1. The number of ether oxygens (including phenoxy) is 1. The zero-order valence-corrected chi connectivity index (χ0v) is 19.6. The van der Waals surface area contributed by atoms with Gasteiger partial charge in [0, 0.05) is 6.42 Å². The summed E-state index contributed by atoms with van der Waals surface area (Å²) in [7, 11) is 0. The highest BCUT2D eigenvalue weighted by atomic mass is 16.5. The lowest BCUT2D eigenvalue weighted by molar-refractivity contribution is -0.138. The van der Waals surface area contributed by atoms with Crippen molar-refractivity contribution in [3.05, 3.63) is 65.2 Å². The molecular weight excluding hydrogens is 454 g/mol. The Bertz CT molecular complexity index is 1060. The average Bonchev–Trinajstić information content (AvgIpc) is 3.15. The van der Waals surface area contributed by atoms with Gasteiger partial charge in [0.05, 0.1) is 24.7 Å². The quantitative estimate of drug-likeness (QED) is 0.232. The molecule has 1 aliphatic rings. The summed E-state index contributed by atoms with van der Waals surface area (Å²) in [6.45, 7) is 3.78. The number of hydrogen-bond donors (Lipinski definition) is 6. The number of para-hydroxylation sites is 1. The van der Waals surface area contributed by atoms with Crippen LogP contribution in [0.5, 0.6) is 5.75 Å². The fourth-order valence-corrected chi connectivity index (χ4v) is 4.12. The minimum atomic E-state index is -1.48. The monoisotopic (exact) mass is 485 g/mol. The molecule has 1 aliphatic carbocycles. The maximum atomic E-state index is 13.4. The van der Waals surface area contributed by atoms with Crippen molar-refractivity contribution in [3.63, 3.8) is 0 Å². The van der Waals surface area contributed by atoms with Crippen LogP contribution in [0.1, 0.15) is 36.6 Å². The van der Waals surface area contributed by atoms with Gasteiger partial charge in [-0.05, 0) is 35.1 Å². The summed E-state index contributed by atoms with van der Waals surface area (Å²) in [4.78, 5) is 38.6. The summed E-state index contributed by atoms with van der Waals surface area (Å²) >= 11 is 0. The highest BCUT2D eigenvalue weighted by Gasteiger charge is 2.39. The number of carbonyl (C=O) groups excluding carboxylic acids is 3. The van der Waals surface area contributed by atoms with Crippen LogP contribution in [0.15, 0.2) is 48.5 Å². The predicted octanol–water partition coefficient (Wildman–Crippen LogP) is 1.58. The molecule has 35 heavy (non-hydrogen) atoms. The molecule has 4 atom stereocenters. The number of aromatic hydroxyl groups is 1. The minimum Gasteiger partial charge on any atom is -0.508 e. The number of aliphatic hydroxyl groups is 1. The van der Waals surface area contributed by atoms with E-state index in [0.29, 0.717) is 12.0 Å². The second-order valence-electron chi connectivity index (χ2n) is 8.99. The first-order chi connectivity index (χ1) is 16.7. The van der Waals surface area contributed by atoms with Gasteiger partial charge >= 0.3 is 6.09 Å². The second-order valence-corrected chi connectivity index (χ2v) is 8.99. The van der Waals surface area contributed by atoms with E-state index in [4.69, 9.17) is 4.74 Å². The first-order valence-corrected chi connectivity index (χ1v) is 11.4. The van der Waals surface area contributed by atoms with E-state index in [2.05, 4.69) is 10.6 Å². The molecule has 2 aromatic carbocycles. The molecule has 2 aromatic rings. The highest BCUT2D eigenvalue weighted by molar-refractivity contribution is 5.92. The van der Waals surface area contributed by atoms with Crippen LogP contribution in [-0.2, 0) is 27.2 Å². The van der Waals surface area contributed by atoms with Gasteiger partial charge in [0.1, 0.15) is 11.8 Å². The van der Waals surface area contributed by atoms with Crippen molar-refractivity contribution in [2.75, 3.05) is 6.61 Å². The molecular formula is C25H31N3O7. The van der Waals surface area contributed by atoms with E-state index in [9.17, 15) is 29.8 Å². The van der Waals surface area contributed by atoms with Gasteiger partial charge in [-0.2, -0.15) is 0 Å². The van der Waals surface area contributed by atoms with Gasteiger partial charge < -0.3 is 25.6 Å². The molecule has 188 valence electrons. The van der Waals surface area contributed by atoms with Crippen LogP contribution in [0.2, 0.25) is 0 Å². The number of carbonyl (C=O) groups is 3. The molecule has 0 saturated heterocycles. The fraction of sp³-hybridized carbons (Fsp3) is 0.400. The Balaban J connectivity index is 1.90. The van der Waals surface area contributed by atoms with Crippen molar-refractivity contribution in [2.24, 2.45) is 11.8 Å². The Morgan fingerprint density at radius 1 is 1.06 bits per heavy atom. The Kier molecular flexibility index (Phi) is 8.67. The Hall–Kier alpha value is -3.63. The lowest BCUT2D eigenvalue weighted by Crippen LogP contribution is -2.56. The SMILES string of the molecule is CC(C)COC(=O)NC(C(=O)N[C@H]1c2ccccc2C[C@H]1O)[C@H](Cc1ccccc1O)C(=O)NO. The van der Waals surface area contributed by atoms with Crippen molar-refractivity contribution < 1.29 is 34.5 Å². The van der Waals surface area contributed by atoms with Gasteiger partial charge in [0.2, 0.25) is 11.8 Å². The number of phenolic OH excluding ortho intramolecular Hbond substituents is 1. The minimum absolute atomic E-state index is 0.0379. The highest BCUT2D eigenvalue weighted by Crippen LogP contribution is 2.31. The predicted molar refractivity (Wildman–Crippen MR) is 125 cm³/mol. The molecule has 0 aliphatic heterocycles. The van der Waals surface area contributed by atoms with Gasteiger partial charge in [-0.25, -0.2) is 10.3 Å². The van der Waals surface area contributed by atoms with E-state index in [0.717, 1.165) is 11.1 Å². The van der Waals surface area contributed by atoms with Crippen LogP contribution < -0.4 is 16.1 Å². The number of nitrogens with one attached hydrogen (secondary N) is 3. The van der Waals surface area contributed by atoms with E-state index in [1.807, 2.05) is 26.0 Å². The summed E-state index contributed by atoms with van der Waals surface area (Å²) in [6.07, 6.45) is -1.65. The largest absolute Gasteiger partial charge is 0.508 e. The molecule has 0 aromatic heterocycles. The van der Waals surface area contributed by atoms with E-state index in [1.54, 1.807) is 30.3 Å². The Morgan fingerprint density at radius 3 is 2.43 bits per heavy atom. The topological polar surface area (TPSA) is 157 Å². The molecule has 6 N–H and O–H groups in total. The molecule has 0 saturated carbocycles. The zero-order valence-electron chi connectivity index (χ0n) is 19.6. The molecule has 0 heterocycles. The van der Waals surface area contributed by atoms with E-state index < -0.39 is 42.0 Å². The fourth-order valence-electron chi connectivity index (χ4n) is 4.12. The number of aliphatic hydroxyl groups excluding tert-OH is 1. The number of hydroxylamine groups is 1. The number of benzene rings is 2. The zero-order chi connectivity index (χ0) is 25.5. The van der Waals surface area contributed by atoms with Gasteiger partial charge in [0.25, 0.3) is 0 Å². The van der Waals surface area contributed by atoms with Crippen LogP contribution in [-0.4, -0.2) is 52.1 Å². The van der Waals surface area contributed by atoms with Crippen molar-refractivity contribution in [2.45, 2.75) is 44.9 Å². The number of hydrogen-bond acceptors (Lipinski definition) is 7. The lowest BCUT2D eigenvalue weighted by Gasteiger charge is -2.28. The summed E-state index contributed by atoms with van der Waals surface area (Å²) in [5.41, 5.74) is 3.49. The molecule has 0 radical (unpaired) electrons. The number of phenols is 1. The van der Waals surface area contributed by atoms with Crippen LogP contribution in [0.25, 0.3) is 0 Å². The van der Waals surface area contributed by atoms with Crippen LogP contribution in [0.4, 0.5) is 4.79 Å². The van der Waals surface area contributed by atoms with Crippen molar-refractivity contribution in [3.8, 4) is 5.75 Å². The Labute approximate surface area is 203 Å². The van der Waals surface area contributed by atoms with Crippen molar-refractivity contribution in [1.29, 1.82) is 0 Å². The van der Waals surface area contributed by atoms with Crippen LogP contribution in [0.3, 0.4) is 0 Å². The van der Waals surface area contributed by atoms with Gasteiger partial charge in [-0.15, -0.1) is 0 Å². The second kappa shape index (κ2) is 11.7. The van der Waals surface area contributed by atoms with Gasteiger partial charge in [0.15, 0.2) is 0 Å². The normalized spacial score (nSPS) is 18.3.